The molecule has 0 spiro atoms. The second-order valence-electron chi connectivity index (χ2n) is 4.75. The van der Waals surface area contributed by atoms with Gasteiger partial charge in [0.2, 0.25) is 0 Å². The molecule has 16 heavy (non-hydrogen) atoms. The van der Waals surface area contributed by atoms with Gasteiger partial charge in [-0.3, -0.25) is 0 Å². The minimum Gasteiger partial charge on any atom is -0.359 e. The average Bonchev–Trinajstić information content (AvgIpc) is 2.64. The van der Waals surface area contributed by atoms with Crippen LogP contribution in [0.2, 0.25) is 0 Å². The minimum absolute atomic E-state index is 0.213. The molecule has 1 N–H and O–H groups in total. The number of rotatable bonds is 2. The van der Waals surface area contributed by atoms with Gasteiger partial charge in [0.05, 0.1) is 10.5 Å². The molecule has 1 unspecified atom stereocenters. The zero-order chi connectivity index (χ0) is 11.8. The van der Waals surface area contributed by atoms with Crippen molar-refractivity contribution in [3.63, 3.8) is 0 Å². The van der Waals surface area contributed by atoms with Gasteiger partial charge >= 0.3 is 0 Å². The molecule has 0 radical (unpaired) electrons. The molecule has 6 heteroatoms. The van der Waals surface area contributed by atoms with E-state index in [1.165, 1.54) is 0 Å². The molecule has 1 aromatic rings. The van der Waals surface area contributed by atoms with Crippen LogP contribution in [0.4, 0.5) is 5.13 Å². The van der Waals surface area contributed by atoms with Crippen molar-refractivity contribution in [2.24, 2.45) is 0 Å². The summed E-state index contributed by atoms with van der Waals surface area (Å²) in [5.41, 5.74) is 0. The van der Waals surface area contributed by atoms with E-state index >= 15 is 0 Å². The van der Waals surface area contributed by atoms with Crippen molar-refractivity contribution in [3.8, 4) is 0 Å². The van der Waals surface area contributed by atoms with Gasteiger partial charge in [0.1, 0.15) is 0 Å². The van der Waals surface area contributed by atoms with E-state index in [9.17, 15) is 8.42 Å². The molecule has 1 atom stereocenters. The Kier molecular flexibility index (Phi) is 2.96. The van der Waals surface area contributed by atoms with E-state index in [1.54, 1.807) is 31.4 Å². The predicted molar refractivity (Wildman–Crippen MR) is 66.6 cm³/mol. The maximum absolute atomic E-state index is 11.8. The molecule has 90 valence electrons. The summed E-state index contributed by atoms with van der Waals surface area (Å²) in [6.07, 6.45) is 3.07. The summed E-state index contributed by atoms with van der Waals surface area (Å²) in [5.74, 6) is 0.267. The van der Waals surface area contributed by atoms with Crippen molar-refractivity contribution in [2.75, 3.05) is 11.1 Å². The number of hydrogen-bond acceptors (Lipinski definition) is 5. The molecular formula is C10H16N2O2S2. The topological polar surface area (TPSA) is 59.1 Å². The number of thiazole rings is 1. The fraction of sp³-hybridized carbons (Fsp3) is 0.700. The highest BCUT2D eigenvalue weighted by Gasteiger charge is 2.40. The van der Waals surface area contributed by atoms with Gasteiger partial charge in [0.25, 0.3) is 0 Å². The van der Waals surface area contributed by atoms with Crippen LogP contribution in [0.5, 0.6) is 0 Å². The van der Waals surface area contributed by atoms with Gasteiger partial charge in [-0.1, -0.05) is 0 Å². The third kappa shape index (κ3) is 2.22. The zero-order valence-electron chi connectivity index (χ0n) is 9.43. The van der Waals surface area contributed by atoms with Crippen LogP contribution in [-0.4, -0.2) is 29.9 Å². The number of hydrogen-bond donors (Lipinski definition) is 1. The van der Waals surface area contributed by atoms with E-state index in [0.29, 0.717) is 12.8 Å². The highest BCUT2D eigenvalue weighted by molar-refractivity contribution is 7.92. The molecule has 2 rings (SSSR count). The van der Waals surface area contributed by atoms with Crippen LogP contribution in [-0.2, 0) is 9.84 Å². The van der Waals surface area contributed by atoms with Crippen LogP contribution in [0.1, 0.15) is 26.7 Å². The Hall–Kier alpha value is -0.620. The first-order valence-corrected chi connectivity index (χ1v) is 7.82. The van der Waals surface area contributed by atoms with E-state index in [1.807, 2.05) is 5.38 Å². The van der Waals surface area contributed by atoms with Crippen LogP contribution in [0.3, 0.4) is 0 Å². The van der Waals surface area contributed by atoms with E-state index in [0.717, 1.165) is 5.13 Å². The quantitative estimate of drug-likeness (QED) is 0.882. The van der Waals surface area contributed by atoms with Gasteiger partial charge in [-0.2, -0.15) is 0 Å². The van der Waals surface area contributed by atoms with Gasteiger partial charge in [-0.25, -0.2) is 13.4 Å². The van der Waals surface area contributed by atoms with Gasteiger partial charge in [0, 0.05) is 17.6 Å². The summed E-state index contributed by atoms with van der Waals surface area (Å²) < 4.78 is 23.0. The molecule has 1 aliphatic heterocycles. The van der Waals surface area contributed by atoms with Crippen LogP contribution in [0.25, 0.3) is 0 Å². The largest absolute Gasteiger partial charge is 0.359 e. The standard InChI is InChI=1S/C10H16N2O2S2/c1-10(2)7-8(3-6-16(10,13)14)12-9-11-4-5-15-9/h4-5,8H,3,6-7H2,1-2H3,(H,11,12). The second kappa shape index (κ2) is 4.00. The lowest BCUT2D eigenvalue weighted by molar-refractivity contribution is 0.462. The van der Waals surface area contributed by atoms with Crippen molar-refractivity contribution in [1.29, 1.82) is 0 Å². The minimum atomic E-state index is -2.93. The van der Waals surface area contributed by atoms with Gasteiger partial charge in [-0.15, -0.1) is 11.3 Å². The Balaban J connectivity index is 2.06. The van der Waals surface area contributed by atoms with Crippen molar-refractivity contribution in [1.82, 2.24) is 4.98 Å². The summed E-state index contributed by atoms with van der Waals surface area (Å²) in [5, 5.41) is 6.08. The molecule has 0 saturated carbocycles. The SMILES string of the molecule is CC1(C)CC(Nc2nccs2)CCS1(=O)=O. The van der Waals surface area contributed by atoms with Crippen molar-refractivity contribution < 1.29 is 8.42 Å². The summed E-state index contributed by atoms with van der Waals surface area (Å²) in [4.78, 5) is 4.15. The molecule has 1 aromatic heterocycles. The van der Waals surface area contributed by atoms with Gasteiger partial charge < -0.3 is 5.32 Å². The Morgan fingerprint density at radius 2 is 2.31 bits per heavy atom. The maximum atomic E-state index is 11.8. The molecule has 0 amide bonds. The van der Waals surface area contributed by atoms with E-state index in [2.05, 4.69) is 10.3 Å². The van der Waals surface area contributed by atoms with Crippen LogP contribution >= 0.6 is 11.3 Å². The molecular weight excluding hydrogens is 244 g/mol. The molecule has 0 bridgehead atoms. The Labute approximate surface area is 100 Å². The predicted octanol–water partition coefficient (Wildman–Crippen LogP) is 1.91. The molecule has 1 fully saturated rings. The van der Waals surface area contributed by atoms with Crippen LogP contribution in [0.15, 0.2) is 11.6 Å². The first kappa shape index (κ1) is 11.9. The lowest BCUT2D eigenvalue weighted by atomic mass is 10.0. The fourth-order valence-electron chi connectivity index (χ4n) is 1.99. The van der Waals surface area contributed by atoms with E-state index in [4.69, 9.17) is 0 Å². The molecule has 1 saturated heterocycles. The Bertz CT molecular complexity index is 451. The monoisotopic (exact) mass is 260 g/mol. The average molecular weight is 260 g/mol. The third-order valence-corrected chi connectivity index (χ3v) is 6.40. The van der Waals surface area contributed by atoms with E-state index in [-0.39, 0.29) is 11.8 Å². The van der Waals surface area contributed by atoms with Crippen molar-refractivity contribution in [2.45, 2.75) is 37.5 Å². The number of aromatic nitrogens is 1. The number of sulfone groups is 1. The summed E-state index contributed by atoms with van der Waals surface area (Å²) >= 11 is 1.54. The van der Waals surface area contributed by atoms with Gasteiger partial charge in [-0.05, 0) is 26.7 Å². The summed E-state index contributed by atoms with van der Waals surface area (Å²) in [6, 6.07) is 0.213. The van der Waals surface area contributed by atoms with Crippen molar-refractivity contribution >= 4 is 26.3 Å². The summed E-state index contributed by atoms with van der Waals surface area (Å²) in [7, 11) is -2.93. The lowest BCUT2D eigenvalue weighted by Crippen LogP contribution is -2.45. The van der Waals surface area contributed by atoms with Gasteiger partial charge in [0.15, 0.2) is 15.0 Å². The Morgan fingerprint density at radius 3 is 2.88 bits per heavy atom. The second-order valence-corrected chi connectivity index (χ2v) is 8.39. The number of nitrogens with one attached hydrogen (secondary N) is 1. The smallest absolute Gasteiger partial charge is 0.182 e. The number of nitrogens with zero attached hydrogens (tertiary/aromatic N) is 1. The molecule has 0 aromatic carbocycles. The number of anilines is 1. The fourth-order valence-corrected chi connectivity index (χ4v) is 4.20. The molecule has 0 aliphatic carbocycles. The maximum Gasteiger partial charge on any atom is 0.182 e. The highest BCUT2D eigenvalue weighted by Crippen LogP contribution is 2.31. The molecule has 4 nitrogen and oxygen atoms in total. The van der Waals surface area contributed by atoms with Crippen LogP contribution in [0, 0.1) is 0 Å². The highest BCUT2D eigenvalue weighted by atomic mass is 32.2. The van der Waals surface area contributed by atoms with Crippen molar-refractivity contribution in [3.05, 3.63) is 11.6 Å². The third-order valence-electron chi connectivity index (χ3n) is 3.07. The first-order chi connectivity index (χ1) is 7.41. The Morgan fingerprint density at radius 1 is 1.56 bits per heavy atom. The summed E-state index contributed by atoms with van der Waals surface area (Å²) in [6.45, 7) is 3.61. The molecule has 2 heterocycles. The first-order valence-electron chi connectivity index (χ1n) is 5.29. The zero-order valence-corrected chi connectivity index (χ0v) is 11.1. The van der Waals surface area contributed by atoms with E-state index < -0.39 is 14.6 Å². The molecule has 1 aliphatic rings. The van der Waals surface area contributed by atoms with Crippen LogP contribution < -0.4 is 5.32 Å². The lowest BCUT2D eigenvalue weighted by Gasteiger charge is -2.35. The normalized spacial score (nSPS) is 27.5.